The van der Waals surface area contributed by atoms with E-state index in [0.29, 0.717) is 24.4 Å². The van der Waals surface area contributed by atoms with E-state index in [1.165, 1.54) is 13.2 Å². The van der Waals surface area contributed by atoms with E-state index in [1.54, 1.807) is 12.1 Å². The second-order valence-electron chi connectivity index (χ2n) is 7.37. The maximum absolute atomic E-state index is 14.1. The number of nitrogens with two attached hydrogens (primary N) is 1. The van der Waals surface area contributed by atoms with E-state index in [4.69, 9.17) is 10.5 Å². The molecular weight excluding hydrogens is 283 g/mol. The van der Waals surface area contributed by atoms with Gasteiger partial charge in [-0.3, -0.25) is 9.69 Å². The summed E-state index contributed by atoms with van der Waals surface area (Å²) in [5.74, 6) is 0.289. The SMILES string of the molecule is COc1ccc(CN2C[C@@H]3C(C)(C)C[C@]3(C(N)=O)C2)c(F)c1. The molecule has 4 nitrogen and oxygen atoms in total. The number of hydrogen-bond donors (Lipinski definition) is 1. The van der Waals surface area contributed by atoms with Crippen LogP contribution in [0, 0.1) is 22.6 Å². The number of halogens is 1. The summed E-state index contributed by atoms with van der Waals surface area (Å²) in [5, 5.41) is 0. The van der Waals surface area contributed by atoms with Crippen molar-refractivity contribution in [1.82, 2.24) is 4.90 Å². The lowest BCUT2D eigenvalue weighted by molar-refractivity contribution is -0.148. The second-order valence-corrected chi connectivity index (χ2v) is 7.37. The molecule has 1 aliphatic heterocycles. The molecule has 2 atom stereocenters. The van der Waals surface area contributed by atoms with E-state index in [0.717, 1.165) is 13.0 Å². The summed E-state index contributed by atoms with van der Waals surface area (Å²) in [5.41, 5.74) is 5.99. The number of hydrogen-bond acceptors (Lipinski definition) is 3. The predicted molar refractivity (Wildman–Crippen MR) is 81.7 cm³/mol. The average molecular weight is 306 g/mol. The lowest BCUT2D eigenvalue weighted by atomic mass is 9.48. The Bertz CT molecular complexity index is 617. The Morgan fingerprint density at radius 1 is 1.50 bits per heavy atom. The first-order valence-corrected chi connectivity index (χ1v) is 7.63. The Hall–Kier alpha value is -1.62. The molecule has 1 amide bonds. The first-order valence-electron chi connectivity index (χ1n) is 7.63. The van der Waals surface area contributed by atoms with Crippen LogP contribution >= 0.6 is 0 Å². The number of benzene rings is 1. The third kappa shape index (κ3) is 2.19. The van der Waals surface area contributed by atoms with Crippen LogP contribution in [0.1, 0.15) is 25.8 Å². The summed E-state index contributed by atoms with van der Waals surface area (Å²) in [6.07, 6.45) is 0.821. The van der Waals surface area contributed by atoms with Gasteiger partial charge in [0.1, 0.15) is 11.6 Å². The molecule has 0 spiro atoms. The quantitative estimate of drug-likeness (QED) is 0.927. The van der Waals surface area contributed by atoms with Gasteiger partial charge >= 0.3 is 0 Å². The summed E-state index contributed by atoms with van der Waals surface area (Å²) < 4.78 is 19.1. The standard InChI is InChI=1S/C17H23FN2O2/c1-16(2)9-17(15(19)21)10-20(8-14(16)17)7-11-4-5-12(22-3)6-13(11)18/h4-6,14H,7-10H2,1-3H3,(H2,19,21)/t14-,17+/m1/s1. The summed E-state index contributed by atoms with van der Waals surface area (Å²) in [7, 11) is 1.52. The van der Waals surface area contributed by atoms with Crippen LogP contribution in [0.15, 0.2) is 18.2 Å². The zero-order valence-corrected chi connectivity index (χ0v) is 13.4. The maximum Gasteiger partial charge on any atom is 0.225 e. The van der Waals surface area contributed by atoms with E-state index in [1.807, 2.05) is 0 Å². The minimum Gasteiger partial charge on any atom is -0.497 e. The molecule has 0 unspecified atom stereocenters. The molecule has 0 aromatic heterocycles. The number of rotatable bonds is 4. The summed E-state index contributed by atoms with van der Waals surface area (Å²) >= 11 is 0. The van der Waals surface area contributed by atoms with Crippen LogP contribution in [0.3, 0.4) is 0 Å². The molecular formula is C17H23FN2O2. The average Bonchev–Trinajstić information content (AvgIpc) is 2.76. The van der Waals surface area contributed by atoms with Crippen molar-refractivity contribution < 1.29 is 13.9 Å². The second kappa shape index (κ2) is 4.95. The van der Waals surface area contributed by atoms with Gasteiger partial charge in [0.15, 0.2) is 0 Å². The third-order valence-electron chi connectivity index (χ3n) is 5.47. The molecule has 1 saturated carbocycles. The first kappa shape index (κ1) is 15.3. The van der Waals surface area contributed by atoms with Gasteiger partial charge in [-0.25, -0.2) is 4.39 Å². The van der Waals surface area contributed by atoms with Crippen molar-refractivity contribution in [2.24, 2.45) is 22.5 Å². The topological polar surface area (TPSA) is 55.6 Å². The number of amides is 1. The fraction of sp³-hybridized carbons (Fsp3) is 0.588. The van der Waals surface area contributed by atoms with Gasteiger partial charge in [0.05, 0.1) is 12.5 Å². The zero-order chi connectivity index (χ0) is 16.1. The molecule has 3 rings (SSSR count). The highest BCUT2D eigenvalue weighted by Gasteiger charge is 2.65. The van der Waals surface area contributed by atoms with Crippen molar-refractivity contribution >= 4 is 5.91 Å². The number of carbonyl (C=O) groups excluding carboxylic acids is 1. The highest BCUT2D eigenvalue weighted by molar-refractivity contribution is 5.83. The van der Waals surface area contributed by atoms with E-state index in [-0.39, 0.29) is 23.1 Å². The normalized spacial score (nSPS) is 29.7. The molecule has 2 N–H and O–H groups in total. The monoisotopic (exact) mass is 306 g/mol. The van der Waals surface area contributed by atoms with Crippen LogP contribution < -0.4 is 10.5 Å². The molecule has 1 aromatic carbocycles. The molecule has 1 aliphatic carbocycles. The highest BCUT2D eigenvalue weighted by atomic mass is 19.1. The van der Waals surface area contributed by atoms with E-state index >= 15 is 0 Å². The molecule has 120 valence electrons. The van der Waals surface area contributed by atoms with Gasteiger partial charge in [-0.05, 0) is 23.8 Å². The van der Waals surface area contributed by atoms with Crippen molar-refractivity contribution in [3.05, 3.63) is 29.6 Å². The summed E-state index contributed by atoms with van der Waals surface area (Å²) in [6, 6.07) is 4.90. The largest absolute Gasteiger partial charge is 0.497 e. The van der Waals surface area contributed by atoms with E-state index in [9.17, 15) is 9.18 Å². The van der Waals surface area contributed by atoms with Gasteiger partial charge < -0.3 is 10.5 Å². The molecule has 1 saturated heterocycles. The van der Waals surface area contributed by atoms with Gasteiger partial charge in [0.25, 0.3) is 0 Å². The number of ether oxygens (including phenoxy) is 1. The number of likely N-dealkylation sites (tertiary alicyclic amines) is 1. The van der Waals surface area contributed by atoms with E-state index < -0.39 is 5.41 Å². The van der Waals surface area contributed by atoms with Crippen LogP contribution in [-0.2, 0) is 11.3 Å². The Labute approximate surface area is 130 Å². The van der Waals surface area contributed by atoms with Crippen molar-refractivity contribution in [3.8, 4) is 5.75 Å². The Morgan fingerprint density at radius 2 is 2.23 bits per heavy atom. The minimum atomic E-state index is -0.424. The lowest BCUT2D eigenvalue weighted by Crippen LogP contribution is -2.59. The molecule has 0 radical (unpaired) electrons. The molecule has 2 aliphatic rings. The van der Waals surface area contributed by atoms with Crippen LogP contribution in [0.4, 0.5) is 4.39 Å². The van der Waals surface area contributed by atoms with Gasteiger partial charge in [0, 0.05) is 31.3 Å². The lowest BCUT2D eigenvalue weighted by Gasteiger charge is -2.54. The smallest absolute Gasteiger partial charge is 0.225 e. The van der Waals surface area contributed by atoms with Crippen LogP contribution in [0.5, 0.6) is 5.75 Å². The number of fused-ring (bicyclic) bond motifs is 1. The predicted octanol–water partition coefficient (Wildman–Crippen LogP) is 2.17. The third-order valence-corrected chi connectivity index (χ3v) is 5.47. The van der Waals surface area contributed by atoms with Gasteiger partial charge in [-0.2, -0.15) is 0 Å². The molecule has 0 bridgehead atoms. The van der Waals surface area contributed by atoms with Gasteiger partial charge in [-0.1, -0.05) is 19.9 Å². The minimum absolute atomic E-state index is 0.127. The number of carbonyl (C=O) groups is 1. The van der Waals surface area contributed by atoms with E-state index in [2.05, 4.69) is 18.7 Å². The molecule has 1 aromatic rings. The Balaban J connectivity index is 1.77. The van der Waals surface area contributed by atoms with Crippen molar-refractivity contribution in [2.45, 2.75) is 26.8 Å². The fourth-order valence-electron chi connectivity index (χ4n) is 4.47. The Morgan fingerprint density at radius 3 is 2.73 bits per heavy atom. The Kier molecular flexibility index (Phi) is 3.44. The fourth-order valence-corrected chi connectivity index (χ4v) is 4.47. The van der Waals surface area contributed by atoms with Crippen molar-refractivity contribution in [2.75, 3.05) is 20.2 Å². The molecule has 5 heteroatoms. The van der Waals surface area contributed by atoms with Crippen LogP contribution in [-0.4, -0.2) is 31.0 Å². The van der Waals surface area contributed by atoms with Crippen LogP contribution in [0.2, 0.25) is 0 Å². The van der Waals surface area contributed by atoms with Crippen molar-refractivity contribution in [1.29, 1.82) is 0 Å². The number of nitrogens with zero attached hydrogens (tertiary/aromatic N) is 1. The summed E-state index contributed by atoms with van der Waals surface area (Å²) in [4.78, 5) is 14.1. The zero-order valence-electron chi connectivity index (χ0n) is 13.4. The van der Waals surface area contributed by atoms with Crippen LogP contribution in [0.25, 0.3) is 0 Å². The maximum atomic E-state index is 14.1. The van der Waals surface area contributed by atoms with Crippen molar-refractivity contribution in [3.63, 3.8) is 0 Å². The first-order chi connectivity index (χ1) is 10.3. The number of methoxy groups -OCH3 is 1. The van der Waals surface area contributed by atoms with Gasteiger partial charge in [-0.15, -0.1) is 0 Å². The number of primary amides is 1. The summed E-state index contributed by atoms with van der Waals surface area (Å²) in [6.45, 7) is 6.27. The highest BCUT2D eigenvalue weighted by Crippen LogP contribution is 2.62. The van der Waals surface area contributed by atoms with Gasteiger partial charge in [0.2, 0.25) is 5.91 Å². The molecule has 2 fully saturated rings. The molecule has 22 heavy (non-hydrogen) atoms. The molecule has 1 heterocycles.